The molecule has 48 valence electrons. The highest BCUT2D eigenvalue weighted by Crippen LogP contribution is 2.15. The zero-order valence-electron chi connectivity index (χ0n) is 5.37. The summed E-state index contributed by atoms with van der Waals surface area (Å²) in [6, 6.07) is 0. The summed E-state index contributed by atoms with van der Waals surface area (Å²) in [5.74, 6) is 0. The largest absolute Gasteiger partial charge is 0.185 e. The number of thiocarbonyl (C=S) groups is 1. The minimum atomic E-state index is 0.789. The summed E-state index contributed by atoms with van der Waals surface area (Å²) < 4.78 is 0. The number of rotatable bonds is 1. The Balaban J connectivity index is 2.85. The zero-order valence-corrected chi connectivity index (χ0v) is 6.19. The zero-order chi connectivity index (χ0) is 7.40. The molecule has 0 saturated carbocycles. The minimum Gasteiger partial charge on any atom is -0.127 e. The second-order valence-corrected chi connectivity index (χ2v) is 2.01. The van der Waals surface area contributed by atoms with Gasteiger partial charge in [0.05, 0.1) is 11.2 Å². The van der Waals surface area contributed by atoms with Gasteiger partial charge in [-0.15, -0.1) is 4.99 Å². The van der Waals surface area contributed by atoms with Crippen LogP contribution in [0.2, 0.25) is 0 Å². The highest BCUT2D eigenvalue weighted by Gasteiger charge is 2.09. The molecule has 0 heterocycles. The third kappa shape index (κ3) is 1.44. The van der Waals surface area contributed by atoms with Crippen LogP contribution in [-0.4, -0.2) is 5.16 Å². The highest BCUT2D eigenvalue weighted by molar-refractivity contribution is 7.78. The van der Waals surface area contributed by atoms with Crippen molar-refractivity contribution in [2.75, 3.05) is 0 Å². The van der Waals surface area contributed by atoms with E-state index in [-0.39, 0.29) is 0 Å². The normalized spacial score (nSPS) is 15.2. The number of allylic oxidation sites excluding steroid dienone is 3. The minimum absolute atomic E-state index is 0.789. The van der Waals surface area contributed by atoms with Gasteiger partial charge in [0.2, 0.25) is 0 Å². The Bertz CT molecular complexity index is 254. The Kier molecular flexibility index (Phi) is 2.21. The third-order valence-corrected chi connectivity index (χ3v) is 1.25. The number of nitrogens with zero attached hydrogens (tertiary/aromatic N) is 1. The van der Waals surface area contributed by atoms with Crippen LogP contribution >= 0.6 is 12.2 Å². The van der Waals surface area contributed by atoms with Gasteiger partial charge in [0.25, 0.3) is 0 Å². The molecule has 0 amide bonds. The van der Waals surface area contributed by atoms with Gasteiger partial charge in [-0.05, 0) is 12.2 Å². The van der Waals surface area contributed by atoms with Crippen molar-refractivity contribution >= 4 is 17.4 Å². The van der Waals surface area contributed by atoms with Gasteiger partial charge in [-0.1, -0.05) is 6.58 Å². The molecule has 10 heavy (non-hydrogen) atoms. The number of isothiocyanates is 1. The predicted octanol–water partition coefficient (Wildman–Crippen LogP) is 2.30. The molecule has 0 aromatic carbocycles. The SMILES string of the molecule is C=C1C=C[CH+]C=C1N=C=S. The number of hydrogen-bond acceptors (Lipinski definition) is 2. The van der Waals surface area contributed by atoms with Crippen LogP contribution in [0.3, 0.4) is 0 Å². The van der Waals surface area contributed by atoms with Gasteiger partial charge >= 0.3 is 0 Å². The van der Waals surface area contributed by atoms with E-state index in [9.17, 15) is 0 Å². The molecule has 0 unspecified atom stereocenters. The summed E-state index contributed by atoms with van der Waals surface area (Å²) in [5.41, 5.74) is 1.66. The maximum absolute atomic E-state index is 4.45. The van der Waals surface area contributed by atoms with Crippen molar-refractivity contribution in [1.82, 2.24) is 0 Å². The van der Waals surface area contributed by atoms with Crippen LogP contribution in [0.5, 0.6) is 0 Å². The highest BCUT2D eigenvalue weighted by atomic mass is 32.1. The first-order valence-electron chi connectivity index (χ1n) is 2.83. The quantitative estimate of drug-likeness (QED) is 0.316. The van der Waals surface area contributed by atoms with Crippen molar-refractivity contribution in [1.29, 1.82) is 0 Å². The number of hydrogen-bond donors (Lipinski definition) is 0. The lowest BCUT2D eigenvalue weighted by Crippen LogP contribution is -1.85. The van der Waals surface area contributed by atoms with Gasteiger partial charge < -0.3 is 0 Å². The van der Waals surface area contributed by atoms with E-state index in [1.54, 1.807) is 0 Å². The maximum atomic E-state index is 4.45. The van der Waals surface area contributed by atoms with Gasteiger partial charge in [0, 0.05) is 18.6 Å². The molecule has 1 aliphatic carbocycles. The molecule has 0 bridgehead atoms. The van der Waals surface area contributed by atoms with Crippen molar-refractivity contribution in [3.63, 3.8) is 0 Å². The van der Waals surface area contributed by atoms with Crippen molar-refractivity contribution in [3.05, 3.63) is 42.5 Å². The van der Waals surface area contributed by atoms with E-state index >= 15 is 0 Å². The lowest BCUT2D eigenvalue weighted by molar-refractivity contribution is 1.33. The van der Waals surface area contributed by atoms with Crippen molar-refractivity contribution in [2.24, 2.45) is 4.99 Å². The molecule has 0 aliphatic heterocycles. The summed E-state index contributed by atoms with van der Waals surface area (Å²) >= 11 is 4.45. The Morgan fingerprint density at radius 1 is 1.70 bits per heavy atom. The Hall–Kier alpha value is -1.11. The summed E-state index contributed by atoms with van der Waals surface area (Å²) in [6.07, 6.45) is 7.53. The van der Waals surface area contributed by atoms with Crippen LogP contribution < -0.4 is 0 Å². The fraction of sp³-hybridized carbons (Fsp3) is 0. The molecule has 0 radical (unpaired) electrons. The fourth-order valence-corrected chi connectivity index (χ4v) is 0.767. The second-order valence-electron chi connectivity index (χ2n) is 1.83. The van der Waals surface area contributed by atoms with Crippen molar-refractivity contribution < 1.29 is 0 Å². The molecular formula is C8H6NS+. The molecule has 0 aromatic heterocycles. The van der Waals surface area contributed by atoms with E-state index < -0.39 is 0 Å². The molecule has 1 nitrogen and oxygen atoms in total. The van der Waals surface area contributed by atoms with Crippen LogP contribution in [0.4, 0.5) is 0 Å². The first kappa shape index (κ1) is 7.00. The van der Waals surface area contributed by atoms with Crippen molar-refractivity contribution in [3.8, 4) is 0 Å². The molecular weight excluding hydrogens is 142 g/mol. The predicted molar refractivity (Wildman–Crippen MR) is 45.7 cm³/mol. The second kappa shape index (κ2) is 3.16. The topological polar surface area (TPSA) is 12.4 Å². The average Bonchev–Trinajstić information content (AvgIpc) is 1.94. The summed E-state index contributed by atoms with van der Waals surface area (Å²) in [5, 5.41) is 2.29. The molecule has 0 atom stereocenters. The molecule has 0 saturated heterocycles. The van der Waals surface area contributed by atoms with Gasteiger partial charge in [0.15, 0.2) is 5.70 Å². The molecule has 0 fully saturated rings. The van der Waals surface area contributed by atoms with E-state index in [1.807, 2.05) is 24.6 Å². The van der Waals surface area contributed by atoms with Crippen LogP contribution in [0.15, 0.2) is 41.1 Å². The third-order valence-electron chi connectivity index (χ3n) is 1.16. The maximum Gasteiger partial charge on any atom is 0.185 e. The first-order chi connectivity index (χ1) is 4.84. The lowest BCUT2D eigenvalue weighted by atomic mass is 10.1. The summed E-state index contributed by atoms with van der Waals surface area (Å²) in [6.45, 7) is 3.76. The average molecular weight is 148 g/mol. The Morgan fingerprint density at radius 2 is 2.50 bits per heavy atom. The van der Waals surface area contributed by atoms with Crippen LogP contribution in [0.25, 0.3) is 0 Å². The molecule has 0 aromatic rings. The summed E-state index contributed by atoms with van der Waals surface area (Å²) in [4.78, 5) is 3.81. The first-order valence-corrected chi connectivity index (χ1v) is 3.24. The van der Waals surface area contributed by atoms with E-state index in [2.05, 4.69) is 29.0 Å². The lowest BCUT2D eigenvalue weighted by Gasteiger charge is -1.92. The smallest absolute Gasteiger partial charge is 0.127 e. The molecule has 0 N–H and O–H groups in total. The van der Waals surface area contributed by atoms with E-state index in [1.165, 1.54) is 0 Å². The van der Waals surface area contributed by atoms with E-state index in [0.29, 0.717) is 0 Å². The van der Waals surface area contributed by atoms with E-state index in [0.717, 1.165) is 11.3 Å². The Labute approximate surface area is 65.5 Å². The monoisotopic (exact) mass is 148 g/mol. The molecule has 1 aliphatic rings. The van der Waals surface area contributed by atoms with Gasteiger partial charge in [0.1, 0.15) is 5.57 Å². The van der Waals surface area contributed by atoms with Crippen LogP contribution in [0, 0.1) is 6.42 Å². The molecule has 0 spiro atoms. The molecule has 1 rings (SSSR count). The fourth-order valence-electron chi connectivity index (χ4n) is 0.669. The Morgan fingerprint density at radius 3 is 3.10 bits per heavy atom. The van der Waals surface area contributed by atoms with E-state index in [4.69, 9.17) is 0 Å². The molecule has 2 heteroatoms. The van der Waals surface area contributed by atoms with Crippen LogP contribution in [0.1, 0.15) is 0 Å². The standard InChI is InChI=1S/C8H6NS/c1-7-4-2-3-5-8(7)9-6-10/h2-5H,1H2/q+1. The van der Waals surface area contributed by atoms with Gasteiger partial charge in [-0.2, -0.15) is 0 Å². The van der Waals surface area contributed by atoms with Crippen LogP contribution in [-0.2, 0) is 0 Å². The van der Waals surface area contributed by atoms with Gasteiger partial charge in [-0.3, -0.25) is 0 Å². The number of aliphatic imine (C=N–C) groups is 1. The summed E-state index contributed by atoms with van der Waals surface area (Å²) in [7, 11) is 0. The van der Waals surface area contributed by atoms with Gasteiger partial charge in [-0.25, -0.2) is 0 Å². The van der Waals surface area contributed by atoms with Crippen molar-refractivity contribution in [2.45, 2.75) is 0 Å².